The van der Waals surface area contributed by atoms with Crippen molar-refractivity contribution >= 4 is 14.3 Å². The average molecular weight is 256 g/mol. The molecule has 0 aromatic rings. The molecule has 17 heavy (non-hydrogen) atoms. The van der Waals surface area contributed by atoms with Gasteiger partial charge in [0.15, 0.2) is 8.32 Å². The Morgan fingerprint density at radius 1 is 1.35 bits per heavy atom. The first-order chi connectivity index (χ1) is 7.63. The van der Waals surface area contributed by atoms with Gasteiger partial charge in [0.2, 0.25) is 0 Å². The molecule has 1 aliphatic carbocycles. The van der Waals surface area contributed by atoms with Crippen LogP contribution in [0.5, 0.6) is 0 Å². The van der Waals surface area contributed by atoms with Gasteiger partial charge in [-0.1, -0.05) is 27.7 Å². The van der Waals surface area contributed by atoms with E-state index in [9.17, 15) is 4.79 Å². The molecular weight excluding hydrogens is 232 g/mol. The summed E-state index contributed by atoms with van der Waals surface area (Å²) >= 11 is 0. The molecule has 2 rings (SSSR count). The second-order valence-corrected chi connectivity index (χ2v) is 11.8. The van der Waals surface area contributed by atoms with E-state index in [1.807, 2.05) is 0 Å². The molecule has 2 aliphatic rings. The van der Waals surface area contributed by atoms with Gasteiger partial charge in [0.25, 0.3) is 0 Å². The molecule has 0 aromatic carbocycles. The maximum atomic E-state index is 11.3. The lowest BCUT2D eigenvalue weighted by molar-refractivity contribution is -0.183. The SMILES string of the molecule is C[C@@H]1[C@@H]2OC(=O)[C@@H]2C[C@H]1O[Si](C)(C)C(C)(C)C. The van der Waals surface area contributed by atoms with Crippen LogP contribution in [0.1, 0.15) is 34.1 Å². The van der Waals surface area contributed by atoms with E-state index in [0.29, 0.717) is 5.92 Å². The highest BCUT2D eigenvalue weighted by molar-refractivity contribution is 6.74. The number of rotatable bonds is 2. The van der Waals surface area contributed by atoms with Crippen LogP contribution in [0, 0.1) is 11.8 Å². The van der Waals surface area contributed by atoms with Gasteiger partial charge in [-0.2, -0.15) is 0 Å². The van der Waals surface area contributed by atoms with E-state index in [2.05, 4.69) is 40.8 Å². The molecule has 1 heterocycles. The molecule has 4 atom stereocenters. The first kappa shape index (κ1) is 13.1. The normalized spacial score (nSPS) is 37.4. The smallest absolute Gasteiger partial charge is 0.313 e. The summed E-state index contributed by atoms with van der Waals surface area (Å²) in [6, 6.07) is 0. The van der Waals surface area contributed by atoms with Crippen molar-refractivity contribution in [3.8, 4) is 0 Å². The average Bonchev–Trinajstić information content (AvgIpc) is 2.39. The van der Waals surface area contributed by atoms with Gasteiger partial charge in [-0.3, -0.25) is 4.79 Å². The fraction of sp³-hybridized carbons (Fsp3) is 0.923. The van der Waals surface area contributed by atoms with E-state index in [0.717, 1.165) is 6.42 Å². The Morgan fingerprint density at radius 2 is 1.94 bits per heavy atom. The maximum absolute atomic E-state index is 11.3. The predicted molar refractivity (Wildman–Crippen MR) is 69.2 cm³/mol. The van der Waals surface area contributed by atoms with Crippen molar-refractivity contribution in [3.05, 3.63) is 0 Å². The van der Waals surface area contributed by atoms with Crippen molar-refractivity contribution in [2.75, 3.05) is 0 Å². The van der Waals surface area contributed by atoms with Gasteiger partial charge in [-0.25, -0.2) is 0 Å². The molecule has 0 aromatic heterocycles. The van der Waals surface area contributed by atoms with Crippen LogP contribution in [0.3, 0.4) is 0 Å². The standard InChI is InChI=1S/C13H24O3Si/c1-8-10(7-9-11(8)15-12(9)14)16-17(5,6)13(2,3)4/h8-11H,7H2,1-6H3/t8-,9+,10+,11-/m0/s1. The van der Waals surface area contributed by atoms with Crippen LogP contribution in [0.15, 0.2) is 0 Å². The van der Waals surface area contributed by atoms with Crippen molar-refractivity contribution in [2.24, 2.45) is 11.8 Å². The van der Waals surface area contributed by atoms with Gasteiger partial charge < -0.3 is 9.16 Å². The number of fused-ring (bicyclic) bond motifs is 1. The van der Waals surface area contributed by atoms with E-state index in [4.69, 9.17) is 9.16 Å². The highest BCUT2D eigenvalue weighted by Gasteiger charge is 2.56. The van der Waals surface area contributed by atoms with Gasteiger partial charge >= 0.3 is 5.97 Å². The number of esters is 1. The first-order valence-electron chi connectivity index (χ1n) is 6.52. The predicted octanol–water partition coefficient (Wildman–Crippen LogP) is 2.96. The number of carbonyl (C=O) groups is 1. The van der Waals surface area contributed by atoms with Gasteiger partial charge in [-0.05, 0) is 24.6 Å². The van der Waals surface area contributed by atoms with Crippen LogP contribution in [0.4, 0.5) is 0 Å². The first-order valence-corrected chi connectivity index (χ1v) is 9.42. The molecule has 1 aliphatic heterocycles. The van der Waals surface area contributed by atoms with E-state index in [1.54, 1.807) is 0 Å². The van der Waals surface area contributed by atoms with Crippen LogP contribution < -0.4 is 0 Å². The Balaban J connectivity index is 2.03. The summed E-state index contributed by atoms with van der Waals surface area (Å²) in [6.45, 7) is 13.4. The lowest BCUT2D eigenvalue weighted by Crippen LogP contribution is -2.46. The lowest BCUT2D eigenvalue weighted by Gasteiger charge is -2.39. The Bertz CT molecular complexity index is 332. The topological polar surface area (TPSA) is 35.5 Å². The summed E-state index contributed by atoms with van der Waals surface area (Å²) in [5, 5.41) is 0.221. The number of hydrogen-bond acceptors (Lipinski definition) is 3. The fourth-order valence-corrected chi connectivity index (χ4v) is 3.88. The second kappa shape index (κ2) is 3.82. The van der Waals surface area contributed by atoms with E-state index in [-0.39, 0.29) is 29.1 Å². The molecule has 0 N–H and O–H groups in total. The molecular formula is C13H24O3Si. The highest BCUT2D eigenvalue weighted by atomic mass is 28.4. The molecule has 0 amide bonds. The highest BCUT2D eigenvalue weighted by Crippen LogP contribution is 2.46. The summed E-state index contributed by atoms with van der Waals surface area (Å²) in [5.74, 6) is 0.440. The molecule has 0 bridgehead atoms. The Kier molecular flexibility index (Phi) is 2.94. The minimum Gasteiger partial charge on any atom is -0.461 e. The van der Waals surface area contributed by atoms with Gasteiger partial charge in [0, 0.05) is 5.92 Å². The van der Waals surface area contributed by atoms with E-state index < -0.39 is 8.32 Å². The summed E-state index contributed by atoms with van der Waals surface area (Å²) in [6.07, 6.45) is 1.19. The summed E-state index contributed by atoms with van der Waals surface area (Å²) in [4.78, 5) is 11.3. The zero-order valence-electron chi connectivity index (χ0n) is 11.7. The Morgan fingerprint density at radius 3 is 2.35 bits per heavy atom. The molecule has 2 fully saturated rings. The van der Waals surface area contributed by atoms with Gasteiger partial charge in [0.05, 0.1) is 12.0 Å². The minimum absolute atomic E-state index is 0.0248. The van der Waals surface area contributed by atoms with Gasteiger partial charge in [-0.15, -0.1) is 0 Å². The zero-order valence-corrected chi connectivity index (χ0v) is 12.7. The van der Waals surface area contributed by atoms with Crippen LogP contribution >= 0.6 is 0 Å². The van der Waals surface area contributed by atoms with Crippen molar-refractivity contribution in [1.82, 2.24) is 0 Å². The van der Waals surface area contributed by atoms with E-state index in [1.165, 1.54) is 0 Å². The Labute approximate surface area is 105 Å². The third-order valence-corrected chi connectivity index (χ3v) is 9.30. The molecule has 1 saturated heterocycles. The largest absolute Gasteiger partial charge is 0.461 e. The molecule has 0 radical (unpaired) electrons. The third-order valence-electron chi connectivity index (χ3n) is 4.79. The number of hydrogen-bond donors (Lipinski definition) is 0. The van der Waals surface area contributed by atoms with Crippen molar-refractivity contribution < 1.29 is 14.0 Å². The molecule has 0 spiro atoms. The van der Waals surface area contributed by atoms with Crippen LogP contribution in [0.2, 0.25) is 18.1 Å². The number of ether oxygens (including phenoxy) is 1. The summed E-state index contributed by atoms with van der Waals surface area (Å²) in [7, 11) is -1.73. The third kappa shape index (κ3) is 2.06. The maximum Gasteiger partial charge on any atom is 0.313 e. The minimum atomic E-state index is -1.73. The zero-order chi connectivity index (χ0) is 13.0. The van der Waals surface area contributed by atoms with Crippen molar-refractivity contribution in [1.29, 1.82) is 0 Å². The van der Waals surface area contributed by atoms with Crippen LogP contribution in [0.25, 0.3) is 0 Å². The van der Waals surface area contributed by atoms with Crippen molar-refractivity contribution in [2.45, 2.75) is 64.5 Å². The second-order valence-electron chi connectivity index (χ2n) is 7.02. The quantitative estimate of drug-likeness (QED) is 0.563. The fourth-order valence-electron chi connectivity index (χ4n) is 2.46. The monoisotopic (exact) mass is 256 g/mol. The number of carbonyl (C=O) groups excluding carboxylic acids is 1. The van der Waals surface area contributed by atoms with Gasteiger partial charge in [0.1, 0.15) is 6.10 Å². The summed E-state index contributed by atoms with van der Waals surface area (Å²) < 4.78 is 11.6. The Hall–Kier alpha value is -0.353. The molecule has 1 saturated carbocycles. The van der Waals surface area contributed by atoms with Crippen LogP contribution in [-0.4, -0.2) is 26.5 Å². The lowest BCUT2D eigenvalue weighted by atomic mass is 9.97. The van der Waals surface area contributed by atoms with Crippen molar-refractivity contribution in [3.63, 3.8) is 0 Å². The molecule has 3 nitrogen and oxygen atoms in total. The molecule has 0 unspecified atom stereocenters. The molecule has 98 valence electrons. The van der Waals surface area contributed by atoms with E-state index >= 15 is 0 Å². The van der Waals surface area contributed by atoms with Crippen LogP contribution in [-0.2, 0) is 14.0 Å². The molecule has 4 heteroatoms. The summed E-state index contributed by atoms with van der Waals surface area (Å²) in [5.41, 5.74) is 0.